The zero-order valence-electron chi connectivity index (χ0n) is 13.0. The lowest BCUT2D eigenvalue weighted by atomic mass is 10.0. The molecular weight excluding hydrogens is 331 g/mol. The average Bonchev–Trinajstić information content (AvgIpc) is 2.57. The quantitative estimate of drug-likeness (QED) is 0.762. The van der Waals surface area contributed by atoms with Gasteiger partial charge in [0.2, 0.25) is 0 Å². The molecule has 1 aromatic carbocycles. The van der Waals surface area contributed by atoms with Crippen molar-refractivity contribution in [1.29, 1.82) is 0 Å². The topological polar surface area (TPSA) is 15.7 Å². The fourth-order valence-electron chi connectivity index (χ4n) is 3.37. The van der Waals surface area contributed by atoms with Gasteiger partial charge < -0.3 is 9.64 Å². The fourth-order valence-corrected chi connectivity index (χ4v) is 3.37. The van der Waals surface area contributed by atoms with Gasteiger partial charge in [0.15, 0.2) is 17.7 Å². The maximum absolute atomic E-state index is 13.3. The van der Waals surface area contributed by atoms with Gasteiger partial charge in [0.1, 0.15) is 0 Å². The second-order valence-corrected chi connectivity index (χ2v) is 6.21. The summed E-state index contributed by atoms with van der Waals surface area (Å²) in [6.07, 6.45) is -4.70. The van der Waals surface area contributed by atoms with Gasteiger partial charge in [0.25, 0.3) is 0 Å². The van der Waals surface area contributed by atoms with Crippen LogP contribution in [0.3, 0.4) is 0 Å². The van der Waals surface area contributed by atoms with Crippen LogP contribution in [0.2, 0.25) is 0 Å². The summed E-state index contributed by atoms with van der Waals surface area (Å²) in [7, 11) is 0. The molecule has 0 radical (unpaired) electrons. The van der Waals surface area contributed by atoms with Crippen LogP contribution in [0.25, 0.3) is 0 Å². The molecule has 3 nitrogen and oxygen atoms in total. The Kier molecular flexibility index (Phi) is 4.96. The third kappa shape index (κ3) is 3.80. The number of piperidine rings is 1. The molecule has 0 aliphatic carbocycles. The normalized spacial score (nSPS) is 24.4. The summed E-state index contributed by atoms with van der Waals surface area (Å²) in [6.45, 7) is 1.63. The van der Waals surface area contributed by atoms with E-state index in [1.54, 1.807) is 0 Å². The van der Waals surface area contributed by atoms with Gasteiger partial charge in [0, 0.05) is 44.0 Å². The maximum Gasteiger partial charge on any atom is 0.415 e. The van der Waals surface area contributed by atoms with Gasteiger partial charge in [-0.3, -0.25) is 4.90 Å². The summed E-state index contributed by atoms with van der Waals surface area (Å²) in [5, 5.41) is 0. The third-order valence-electron chi connectivity index (χ3n) is 4.71. The number of rotatable bonds is 2. The number of hydrogen-bond acceptors (Lipinski definition) is 3. The average molecular weight is 350 g/mol. The molecule has 0 spiro atoms. The summed E-state index contributed by atoms with van der Waals surface area (Å²) >= 11 is 0. The molecular formula is C16H19F5N2O. The molecule has 0 amide bonds. The first kappa shape index (κ1) is 17.4. The molecule has 0 bridgehead atoms. The monoisotopic (exact) mass is 350 g/mol. The van der Waals surface area contributed by atoms with Crippen molar-refractivity contribution >= 4 is 5.69 Å². The number of ether oxygens (including phenoxy) is 1. The zero-order valence-corrected chi connectivity index (χ0v) is 13.0. The highest BCUT2D eigenvalue weighted by Gasteiger charge is 2.44. The Morgan fingerprint density at radius 2 is 1.71 bits per heavy atom. The number of nitrogens with zero attached hydrogens (tertiary/aromatic N) is 2. The molecule has 8 heteroatoms. The highest BCUT2D eigenvalue weighted by molar-refractivity contribution is 5.47. The molecule has 0 aromatic heterocycles. The van der Waals surface area contributed by atoms with Crippen molar-refractivity contribution in [2.75, 3.05) is 37.7 Å². The van der Waals surface area contributed by atoms with Crippen molar-refractivity contribution in [3.8, 4) is 0 Å². The van der Waals surface area contributed by atoms with E-state index in [0.717, 1.165) is 12.1 Å². The van der Waals surface area contributed by atoms with Gasteiger partial charge in [-0.2, -0.15) is 13.2 Å². The lowest BCUT2D eigenvalue weighted by molar-refractivity contribution is -0.239. The van der Waals surface area contributed by atoms with E-state index in [4.69, 9.17) is 4.74 Å². The summed E-state index contributed by atoms with van der Waals surface area (Å²) in [5.41, 5.74) is 0.600. The minimum atomic E-state index is -4.34. The highest BCUT2D eigenvalue weighted by atomic mass is 19.4. The first-order valence-corrected chi connectivity index (χ1v) is 7.97. The minimum Gasteiger partial charge on any atom is -0.371 e. The summed E-state index contributed by atoms with van der Waals surface area (Å²) in [6, 6.07) is 3.82. The molecule has 0 saturated carbocycles. The number of anilines is 1. The van der Waals surface area contributed by atoms with Crippen LogP contribution in [-0.4, -0.2) is 56.0 Å². The molecule has 2 saturated heterocycles. The number of halogens is 5. The molecule has 24 heavy (non-hydrogen) atoms. The van der Waals surface area contributed by atoms with Crippen molar-refractivity contribution in [2.24, 2.45) is 0 Å². The number of morpholine rings is 1. The third-order valence-corrected chi connectivity index (χ3v) is 4.71. The zero-order chi connectivity index (χ0) is 17.3. The second kappa shape index (κ2) is 6.84. The van der Waals surface area contributed by atoms with E-state index in [0.29, 0.717) is 38.2 Å². The highest BCUT2D eigenvalue weighted by Crippen LogP contribution is 2.29. The van der Waals surface area contributed by atoms with Gasteiger partial charge in [-0.25, -0.2) is 8.78 Å². The summed E-state index contributed by atoms with van der Waals surface area (Å²) in [5.74, 6) is -1.78. The molecule has 1 atom stereocenters. The first-order chi connectivity index (χ1) is 11.3. The molecule has 0 N–H and O–H groups in total. The van der Waals surface area contributed by atoms with E-state index in [1.807, 2.05) is 9.80 Å². The van der Waals surface area contributed by atoms with E-state index < -0.39 is 23.9 Å². The van der Waals surface area contributed by atoms with Crippen LogP contribution in [0, 0.1) is 11.6 Å². The first-order valence-electron chi connectivity index (χ1n) is 7.97. The molecule has 2 aliphatic heterocycles. The Morgan fingerprint density at radius 3 is 2.33 bits per heavy atom. The van der Waals surface area contributed by atoms with Crippen molar-refractivity contribution in [2.45, 2.75) is 31.2 Å². The second-order valence-electron chi connectivity index (χ2n) is 6.21. The summed E-state index contributed by atoms with van der Waals surface area (Å²) in [4.78, 5) is 3.77. The van der Waals surface area contributed by atoms with E-state index in [1.165, 1.54) is 6.07 Å². The molecule has 2 fully saturated rings. The van der Waals surface area contributed by atoms with Crippen molar-refractivity contribution in [1.82, 2.24) is 4.90 Å². The van der Waals surface area contributed by atoms with Crippen molar-refractivity contribution < 1.29 is 26.7 Å². The molecule has 2 heterocycles. The largest absolute Gasteiger partial charge is 0.415 e. The number of alkyl halides is 3. The smallest absolute Gasteiger partial charge is 0.371 e. The molecule has 1 aromatic rings. The molecule has 134 valence electrons. The minimum absolute atomic E-state index is 0.0558. The van der Waals surface area contributed by atoms with Gasteiger partial charge in [-0.05, 0) is 25.0 Å². The molecule has 2 aliphatic rings. The van der Waals surface area contributed by atoms with E-state index >= 15 is 0 Å². The van der Waals surface area contributed by atoms with Crippen LogP contribution in [-0.2, 0) is 4.74 Å². The van der Waals surface area contributed by atoms with Crippen LogP contribution < -0.4 is 4.90 Å². The Morgan fingerprint density at radius 1 is 1.00 bits per heavy atom. The maximum atomic E-state index is 13.3. The lowest BCUT2D eigenvalue weighted by Gasteiger charge is -2.43. The Hall–Kier alpha value is -1.41. The van der Waals surface area contributed by atoms with Crippen molar-refractivity contribution in [3.05, 3.63) is 29.8 Å². The predicted octanol–water partition coefficient (Wildman–Crippen LogP) is 3.20. The van der Waals surface area contributed by atoms with Crippen LogP contribution in [0.5, 0.6) is 0 Å². The van der Waals surface area contributed by atoms with Crippen LogP contribution in [0.1, 0.15) is 12.8 Å². The Balaban J connectivity index is 1.57. The van der Waals surface area contributed by atoms with Gasteiger partial charge >= 0.3 is 6.18 Å². The van der Waals surface area contributed by atoms with Gasteiger partial charge in [-0.1, -0.05) is 0 Å². The summed E-state index contributed by atoms with van der Waals surface area (Å²) < 4.78 is 69.6. The van der Waals surface area contributed by atoms with Gasteiger partial charge in [0.05, 0.1) is 6.61 Å². The fraction of sp³-hybridized carbons (Fsp3) is 0.625. The van der Waals surface area contributed by atoms with Gasteiger partial charge in [-0.15, -0.1) is 0 Å². The predicted molar refractivity (Wildman–Crippen MR) is 79.0 cm³/mol. The van der Waals surface area contributed by atoms with E-state index in [-0.39, 0.29) is 19.2 Å². The Labute approximate surface area is 137 Å². The number of benzene rings is 1. The molecule has 1 unspecified atom stereocenters. The van der Waals surface area contributed by atoms with Crippen LogP contribution in [0.4, 0.5) is 27.6 Å². The number of hydrogen-bond donors (Lipinski definition) is 0. The SMILES string of the molecule is Fc1ccc(N2CCC(N3CCOC(C(F)(F)F)C3)CC2)cc1F. The molecule has 3 rings (SSSR count). The van der Waals surface area contributed by atoms with Crippen molar-refractivity contribution in [3.63, 3.8) is 0 Å². The van der Waals surface area contributed by atoms with Crippen LogP contribution in [0.15, 0.2) is 18.2 Å². The lowest BCUT2D eigenvalue weighted by Crippen LogP contribution is -2.54. The standard InChI is InChI=1S/C16H19F5N2O/c17-13-2-1-12(9-14(13)18)22-5-3-11(4-6-22)23-7-8-24-15(10-23)16(19,20)21/h1-2,9,11,15H,3-8,10H2. The van der Waals surface area contributed by atoms with Crippen LogP contribution >= 0.6 is 0 Å². The van der Waals surface area contributed by atoms with E-state index in [2.05, 4.69) is 0 Å². The Bertz CT molecular complexity index is 572. The van der Waals surface area contributed by atoms with E-state index in [9.17, 15) is 22.0 Å².